The summed E-state index contributed by atoms with van der Waals surface area (Å²) in [6.45, 7) is 0.817. The van der Waals surface area contributed by atoms with Gasteiger partial charge in [0.2, 0.25) is 0 Å². The van der Waals surface area contributed by atoms with Crippen molar-refractivity contribution >= 4 is 0 Å². The first kappa shape index (κ1) is 19.3. The van der Waals surface area contributed by atoms with E-state index in [9.17, 15) is 8.78 Å². The quantitative estimate of drug-likeness (QED) is 0.481. The van der Waals surface area contributed by atoms with Gasteiger partial charge in [-0.25, -0.2) is 20.9 Å². The molecule has 0 aliphatic rings. The summed E-state index contributed by atoms with van der Waals surface area (Å²) in [5.74, 6) is -1.09. The zero-order valence-electron chi connectivity index (χ0n) is 13.1. The van der Waals surface area contributed by atoms with Crippen molar-refractivity contribution in [3.8, 4) is 11.1 Å². The normalized spacial score (nSPS) is 9.96. The summed E-state index contributed by atoms with van der Waals surface area (Å²) in [5, 5.41) is 0. The van der Waals surface area contributed by atoms with Crippen molar-refractivity contribution in [2.45, 2.75) is 6.54 Å². The molecule has 0 spiro atoms. The zero-order valence-corrected chi connectivity index (χ0v) is 14.2. The third-order valence-electron chi connectivity index (χ3n) is 3.07. The van der Waals surface area contributed by atoms with Crippen molar-refractivity contribution in [1.82, 2.24) is 4.90 Å². The Bertz CT molecular complexity index is 650. The Morgan fingerprint density at radius 3 is 2.13 bits per heavy atom. The Kier molecular flexibility index (Phi) is 7.90. The number of hydrogen-bond acceptors (Lipinski definition) is 1. The molecule has 3 rings (SSSR count). The van der Waals surface area contributed by atoms with Crippen LogP contribution in [0, 0.1) is 11.6 Å². The minimum atomic E-state index is -0.546. The second-order valence-corrected chi connectivity index (χ2v) is 5.37. The molecule has 0 saturated heterocycles. The van der Waals surface area contributed by atoms with Gasteiger partial charge in [-0.05, 0) is 26.7 Å². The predicted octanol–water partition coefficient (Wildman–Crippen LogP) is 4.82. The van der Waals surface area contributed by atoms with Crippen LogP contribution in [0.2, 0.25) is 0 Å². The molecule has 4 heteroatoms. The van der Waals surface area contributed by atoms with Gasteiger partial charge in [0.1, 0.15) is 0 Å². The van der Waals surface area contributed by atoms with Crippen molar-refractivity contribution in [2.75, 3.05) is 14.1 Å². The summed E-state index contributed by atoms with van der Waals surface area (Å²) in [5.41, 5.74) is 2.56. The van der Waals surface area contributed by atoms with Gasteiger partial charge in [-0.2, -0.15) is 18.2 Å². The molecule has 1 nitrogen and oxygen atoms in total. The topological polar surface area (TPSA) is 3.24 Å². The van der Waals surface area contributed by atoms with Crippen molar-refractivity contribution < 1.29 is 25.8 Å². The third kappa shape index (κ3) is 6.49. The zero-order chi connectivity index (χ0) is 15.9. The van der Waals surface area contributed by atoms with Gasteiger partial charge in [0.15, 0.2) is 0 Å². The first-order chi connectivity index (χ1) is 10.5. The van der Waals surface area contributed by atoms with Crippen LogP contribution < -0.4 is 0 Å². The van der Waals surface area contributed by atoms with Crippen LogP contribution >= 0.6 is 0 Å². The molecule has 0 saturated carbocycles. The second kappa shape index (κ2) is 9.41. The van der Waals surface area contributed by atoms with E-state index in [1.165, 1.54) is 12.1 Å². The molecular formula is C19H19F2FeN. The van der Waals surface area contributed by atoms with E-state index in [-0.39, 0.29) is 17.1 Å². The van der Waals surface area contributed by atoms with Gasteiger partial charge in [-0.3, -0.25) is 0 Å². The van der Waals surface area contributed by atoms with Crippen molar-refractivity contribution in [3.63, 3.8) is 0 Å². The van der Waals surface area contributed by atoms with E-state index in [0.717, 1.165) is 23.7 Å². The summed E-state index contributed by atoms with van der Waals surface area (Å²) in [6.07, 6.45) is 0. The summed E-state index contributed by atoms with van der Waals surface area (Å²) in [4.78, 5) is 2.05. The van der Waals surface area contributed by atoms with Crippen molar-refractivity contribution in [3.05, 3.63) is 83.9 Å². The third-order valence-corrected chi connectivity index (χ3v) is 3.07. The fourth-order valence-corrected chi connectivity index (χ4v) is 2.18. The van der Waals surface area contributed by atoms with Crippen LogP contribution in [0.15, 0.2) is 66.7 Å². The largest absolute Gasteiger partial charge is 2.00 e. The van der Waals surface area contributed by atoms with E-state index < -0.39 is 11.6 Å². The Hall–Kier alpha value is -1.74. The number of rotatable bonds is 3. The molecule has 23 heavy (non-hydrogen) atoms. The Balaban J connectivity index is 0.000000377. The van der Waals surface area contributed by atoms with E-state index in [4.69, 9.17) is 0 Å². The van der Waals surface area contributed by atoms with Gasteiger partial charge in [-0.1, -0.05) is 17.7 Å². The monoisotopic (exact) mass is 355 g/mol. The van der Waals surface area contributed by atoms with Crippen LogP contribution in [0.5, 0.6) is 0 Å². The van der Waals surface area contributed by atoms with Crippen molar-refractivity contribution in [1.29, 1.82) is 0 Å². The van der Waals surface area contributed by atoms with E-state index in [1.807, 2.05) is 67.5 Å². The second-order valence-electron chi connectivity index (χ2n) is 5.37. The van der Waals surface area contributed by atoms with Crippen LogP contribution in [0.25, 0.3) is 11.1 Å². The molecule has 3 aromatic carbocycles. The van der Waals surface area contributed by atoms with Crippen LogP contribution in [0.1, 0.15) is 5.56 Å². The van der Waals surface area contributed by atoms with Gasteiger partial charge in [-0.15, -0.1) is 29.3 Å². The number of hydrogen-bond donors (Lipinski definition) is 0. The number of benzene rings is 1. The summed E-state index contributed by atoms with van der Waals surface area (Å²) >= 11 is 0. The summed E-state index contributed by atoms with van der Waals surface area (Å²) < 4.78 is 26.2. The molecule has 0 N–H and O–H groups in total. The van der Waals surface area contributed by atoms with Crippen LogP contribution in [0.4, 0.5) is 8.78 Å². The maximum atomic E-state index is 13.1. The fourth-order valence-electron chi connectivity index (χ4n) is 2.18. The molecule has 0 radical (unpaired) electrons. The minimum absolute atomic E-state index is 0. The van der Waals surface area contributed by atoms with Gasteiger partial charge in [0.05, 0.1) is 11.6 Å². The SMILES string of the molecule is CN(C)Cc1cc[c-](-c2cc(F)cc(F)c2)c1.[Fe+2].c1cc[cH-]c1. The molecule has 3 aromatic rings. The van der Waals surface area contributed by atoms with E-state index >= 15 is 0 Å². The molecule has 0 aliphatic carbocycles. The standard InChI is InChI=1S/C14H14F2N.C5H5.Fe/c1-17(2)9-10-3-4-11(5-10)12-6-13(15)8-14(16)7-12;1-2-4-5-3-1;/h3-8H,9H2,1-2H3;1-5H;/q2*-1;+2. The van der Waals surface area contributed by atoms with Crippen LogP contribution in [0.3, 0.4) is 0 Å². The van der Waals surface area contributed by atoms with Gasteiger partial charge in [0.25, 0.3) is 0 Å². The van der Waals surface area contributed by atoms with E-state index in [0.29, 0.717) is 5.56 Å². The fraction of sp³-hybridized carbons (Fsp3) is 0.158. The molecule has 0 fully saturated rings. The molecule has 0 atom stereocenters. The Morgan fingerprint density at radius 1 is 1.04 bits per heavy atom. The van der Waals surface area contributed by atoms with Gasteiger partial charge < -0.3 is 4.90 Å². The molecule has 0 heterocycles. The summed E-state index contributed by atoms with van der Waals surface area (Å²) in [7, 11) is 3.96. The molecule has 122 valence electrons. The molecule has 0 unspecified atom stereocenters. The first-order valence-corrected chi connectivity index (χ1v) is 7.08. The van der Waals surface area contributed by atoms with E-state index in [1.54, 1.807) is 0 Å². The first-order valence-electron chi connectivity index (χ1n) is 7.08. The smallest absolute Gasteiger partial charge is 0.313 e. The molecule has 0 aromatic heterocycles. The molecule has 0 amide bonds. The number of halogens is 2. The van der Waals surface area contributed by atoms with Gasteiger partial charge >= 0.3 is 17.1 Å². The van der Waals surface area contributed by atoms with Crippen LogP contribution in [-0.4, -0.2) is 19.0 Å². The molecule has 0 bridgehead atoms. The molecular weight excluding hydrogens is 336 g/mol. The average molecular weight is 355 g/mol. The predicted molar refractivity (Wildman–Crippen MR) is 86.8 cm³/mol. The van der Waals surface area contributed by atoms with Gasteiger partial charge in [0, 0.05) is 0 Å². The van der Waals surface area contributed by atoms with Crippen molar-refractivity contribution in [2.24, 2.45) is 0 Å². The molecule has 0 aliphatic heterocycles. The maximum Gasteiger partial charge on any atom is 2.00 e. The minimum Gasteiger partial charge on any atom is -0.313 e. The Labute approximate surface area is 146 Å². The number of nitrogens with zero attached hydrogens (tertiary/aromatic N) is 1. The van der Waals surface area contributed by atoms with Crippen LogP contribution in [-0.2, 0) is 23.6 Å². The van der Waals surface area contributed by atoms with E-state index in [2.05, 4.69) is 0 Å². The Morgan fingerprint density at radius 2 is 1.65 bits per heavy atom. The average Bonchev–Trinajstić information content (AvgIpc) is 3.10. The summed E-state index contributed by atoms with van der Waals surface area (Å²) in [6, 6.07) is 19.4. The maximum absolute atomic E-state index is 13.1.